The number of aliphatic imine (C=N–C) groups is 1. The lowest BCUT2D eigenvalue weighted by molar-refractivity contribution is 0.165. The van der Waals surface area contributed by atoms with Crippen LogP contribution in [0.1, 0.15) is 85.6 Å². The van der Waals surface area contributed by atoms with Crippen molar-refractivity contribution in [3.8, 4) is 0 Å². The summed E-state index contributed by atoms with van der Waals surface area (Å²) in [5.41, 5.74) is 3.31. The zero-order chi connectivity index (χ0) is 31.3. The van der Waals surface area contributed by atoms with E-state index in [0.29, 0.717) is 22.5 Å². The molecule has 230 valence electrons. The highest BCUT2D eigenvalue weighted by Crippen LogP contribution is 2.45. The fourth-order valence-corrected chi connectivity index (χ4v) is 12.1. The van der Waals surface area contributed by atoms with Gasteiger partial charge in [-0.2, -0.15) is 0 Å². The van der Waals surface area contributed by atoms with E-state index in [1.807, 2.05) is 54.7 Å². The summed E-state index contributed by atoms with van der Waals surface area (Å²) < 4.78 is 19.5. The maximum atomic E-state index is 13.0. The van der Waals surface area contributed by atoms with Crippen molar-refractivity contribution in [3.63, 3.8) is 0 Å². The van der Waals surface area contributed by atoms with Gasteiger partial charge in [-0.25, -0.2) is 9.79 Å². The summed E-state index contributed by atoms with van der Waals surface area (Å²) in [5.74, 6) is 0.400. The van der Waals surface area contributed by atoms with Crippen molar-refractivity contribution < 1.29 is 18.4 Å². The van der Waals surface area contributed by atoms with Crippen LogP contribution < -0.4 is 0 Å². The molecule has 1 fully saturated rings. The zero-order valence-electron chi connectivity index (χ0n) is 27.5. The second-order valence-corrected chi connectivity index (χ2v) is 23.9. The average molecular weight is 609 g/mol. The normalized spacial score (nSPS) is 18.0. The monoisotopic (exact) mass is 608 g/mol. The van der Waals surface area contributed by atoms with Gasteiger partial charge in [0.1, 0.15) is 12.7 Å². The van der Waals surface area contributed by atoms with E-state index in [2.05, 4.69) is 87.5 Å². The van der Waals surface area contributed by atoms with E-state index >= 15 is 0 Å². The largest absolute Gasteiger partial charge is 0.530 e. The minimum absolute atomic E-state index is 0.0592. The van der Waals surface area contributed by atoms with Crippen LogP contribution in [0.3, 0.4) is 0 Å². The molecule has 42 heavy (non-hydrogen) atoms. The summed E-state index contributed by atoms with van der Waals surface area (Å²) in [6, 6.07) is 20.0. The average Bonchev–Trinajstić information content (AvgIpc) is 3.27. The highest BCUT2D eigenvalue weighted by atomic mass is 28.4. The number of rotatable bonds is 12. The van der Waals surface area contributed by atoms with E-state index in [-0.39, 0.29) is 23.8 Å². The van der Waals surface area contributed by atoms with Crippen molar-refractivity contribution in [2.75, 3.05) is 6.61 Å². The van der Waals surface area contributed by atoms with Gasteiger partial charge in [-0.15, -0.1) is 0 Å². The molecule has 0 saturated carbocycles. The Morgan fingerprint density at radius 2 is 1.45 bits per heavy atom. The van der Waals surface area contributed by atoms with Crippen molar-refractivity contribution in [2.45, 2.75) is 109 Å². The van der Waals surface area contributed by atoms with Crippen molar-refractivity contribution >= 4 is 28.9 Å². The summed E-state index contributed by atoms with van der Waals surface area (Å²) >= 11 is 0. The SMILES string of the molecule is CC(C)[Si](O[C@H](/C=N/C(=C/N1C(=O)OC[C@@H]1c1ccccc1)O[Si](C)(C)C(C)(C)C)c1ccccc1)(C(C)C)C(C)C. The molecule has 0 bridgehead atoms. The number of carbonyl (C=O) groups is 1. The Labute approximate surface area is 256 Å². The zero-order valence-corrected chi connectivity index (χ0v) is 29.5. The lowest BCUT2D eigenvalue weighted by atomic mass is 10.1. The first-order chi connectivity index (χ1) is 19.6. The topological polar surface area (TPSA) is 60.4 Å². The van der Waals surface area contributed by atoms with E-state index < -0.39 is 22.7 Å². The molecule has 0 N–H and O–H groups in total. The molecule has 2 aromatic rings. The van der Waals surface area contributed by atoms with Gasteiger partial charge < -0.3 is 13.6 Å². The molecule has 3 rings (SSSR count). The summed E-state index contributed by atoms with van der Waals surface area (Å²) in [7, 11) is -4.56. The molecular formula is C34H52N2O4Si2. The molecule has 6 nitrogen and oxygen atoms in total. The van der Waals surface area contributed by atoms with E-state index in [9.17, 15) is 4.79 Å². The lowest BCUT2D eigenvalue weighted by Gasteiger charge is -2.44. The van der Waals surface area contributed by atoms with Crippen LogP contribution in [0.2, 0.25) is 34.8 Å². The third-order valence-electron chi connectivity index (χ3n) is 9.01. The Hall–Kier alpha value is -2.69. The first kappa shape index (κ1) is 33.8. The van der Waals surface area contributed by atoms with Crippen molar-refractivity contribution in [1.29, 1.82) is 0 Å². The molecule has 1 amide bonds. The second-order valence-electron chi connectivity index (χ2n) is 13.8. The number of amides is 1. The van der Waals surface area contributed by atoms with Gasteiger partial charge in [-0.1, -0.05) is 123 Å². The Morgan fingerprint density at radius 3 is 1.95 bits per heavy atom. The summed E-state index contributed by atoms with van der Waals surface area (Å²) in [4.78, 5) is 19.6. The quantitative estimate of drug-likeness (QED) is 0.137. The standard InChI is InChI=1S/C34H52N2O4Si2/c1-25(2)42(26(3)4,27(5)6)39-31(29-20-16-13-17-21-29)22-35-32(40-41(10,11)34(7,8)9)23-36-30(24-38-33(36)37)28-18-14-12-15-19-28/h12-23,25-27,30-31H,24H2,1-11H3/b32-23-,35-22+/t30-,31-/m1/s1. The Kier molecular flexibility index (Phi) is 11.1. The maximum Gasteiger partial charge on any atom is 0.414 e. The van der Waals surface area contributed by atoms with E-state index in [4.69, 9.17) is 18.6 Å². The highest BCUT2D eigenvalue weighted by molar-refractivity contribution is 6.77. The van der Waals surface area contributed by atoms with Crippen molar-refractivity contribution in [2.24, 2.45) is 4.99 Å². The molecule has 1 aliphatic heterocycles. The molecule has 1 saturated heterocycles. The molecule has 8 heteroatoms. The number of hydrogen-bond acceptors (Lipinski definition) is 5. The molecule has 0 aromatic heterocycles. The van der Waals surface area contributed by atoms with Gasteiger partial charge in [0.05, 0.1) is 12.2 Å². The Bertz CT molecular complexity index is 1200. The van der Waals surface area contributed by atoms with Crippen LogP contribution in [-0.4, -0.2) is 40.4 Å². The summed E-state index contributed by atoms with van der Waals surface area (Å²) in [6.45, 7) is 25.0. The number of hydrogen-bond donors (Lipinski definition) is 0. The van der Waals surface area contributed by atoms with Gasteiger partial charge in [0.2, 0.25) is 14.2 Å². The number of carbonyl (C=O) groups excluding carboxylic acids is 1. The molecule has 2 aromatic carbocycles. The number of benzene rings is 2. The molecule has 0 radical (unpaired) electrons. The van der Waals surface area contributed by atoms with Crippen LogP contribution in [0.4, 0.5) is 4.79 Å². The van der Waals surface area contributed by atoms with E-state index in [1.54, 1.807) is 11.1 Å². The van der Waals surface area contributed by atoms with Crippen LogP contribution in [0, 0.1) is 0 Å². The predicted octanol–water partition coefficient (Wildman–Crippen LogP) is 10.0. The Morgan fingerprint density at radius 1 is 0.929 bits per heavy atom. The number of nitrogens with zero attached hydrogens (tertiary/aromatic N) is 2. The van der Waals surface area contributed by atoms with Crippen LogP contribution in [0.25, 0.3) is 0 Å². The minimum atomic E-state index is -2.31. The summed E-state index contributed by atoms with van der Waals surface area (Å²) in [5, 5.41) is -0.0592. The second kappa shape index (κ2) is 13.7. The van der Waals surface area contributed by atoms with Gasteiger partial charge in [-0.05, 0) is 45.9 Å². The van der Waals surface area contributed by atoms with Crippen LogP contribution in [0.15, 0.2) is 77.7 Å². The van der Waals surface area contributed by atoms with Gasteiger partial charge in [0.25, 0.3) is 8.32 Å². The first-order valence-corrected chi connectivity index (χ1v) is 20.3. The first-order valence-electron chi connectivity index (χ1n) is 15.3. The van der Waals surface area contributed by atoms with E-state index in [1.165, 1.54) is 0 Å². The van der Waals surface area contributed by atoms with Crippen LogP contribution >= 0.6 is 0 Å². The van der Waals surface area contributed by atoms with E-state index in [0.717, 1.165) is 11.1 Å². The smallest absolute Gasteiger partial charge is 0.414 e. The molecular weight excluding hydrogens is 557 g/mol. The predicted molar refractivity (Wildman–Crippen MR) is 179 cm³/mol. The fraction of sp³-hybridized carbons (Fsp3) is 0.529. The minimum Gasteiger partial charge on any atom is -0.530 e. The fourth-order valence-electron chi connectivity index (χ4n) is 5.72. The third-order valence-corrected chi connectivity index (χ3v) is 19.4. The van der Waals surface area contributed by atoms with Gasteiger partial charge >= 0.3 is 6.09 Å². The summed E-state index contributed by atoms with van der Waals surface area (Å²) in [6.07, 6.45) is 2.84. The molecule has 2 atom stereocenters. The van der Waals surface area contributed by atoms with Gasteiger partial charge in [-0.3, -0.25) is 4.90 Å². The van der Waals surface area contributed by atoms with Crippen LogP contribution in [-0.2, 0) is 13.6 Å². The maximum absolute atomic E-state index is 13.0. The van der Waals surface area contributed by atoms with Gasteiger partial charge in [0.15, 0.2) is 0 Å². The molecule has 1 heterocycles. The molecule has 0 aliphatic carbocycles. The number of cyclic esters (lactones) is 1. The molecule has 0 spiro atoms. The van der Waals surface area contributed by atoms with Crippen LogP contribution in [0.5, 0.6) is 0 Å². The highest BCUT2D eigenvalue weighted by Gasteiger charge is 2.47. The number of ether oxygens (including phenoxy) is 1. The molecule has 0 unspecified atom stereocenters. The lowest BCUT2D eigenvalue weighted by Crippen LogP contribution is -2.48. The van der Waals surface area contributed by atoms with Crippen molar-refractivity contribution in [3.05, 3.63) is 83.9 Å². The Balaban J connectivity index is 2.11. The third kappa shape index (κ3) is 7.63. The van der Waals surface area contributed by atoms with Crippen molar-refractivity contribution in [1.82, 2.24) is 4.90 Å². The van der Waals surface area contributed by atoms with Gasteiger partial charge in [0, 0.05) is 6.21 Å². The molecule has 1 aliphatic rings.